The van der Waals surface area contributed by atoms with Gasteiger partial charge in [0.15, 0.2) is 0 Å². The van der Waals surface area contributed by atoms with Crippen molar-refractivity contribution in [2.75, 3.05) is 0 Å². The number of carboxylic acid groups (broad SMARTS) is 1. The second kappa shape index (κ2) is 7.22. The Morgan fingerprint density at radius 3 is 2.67 bits per heavy atom. The van der Waals surface area contributed by atoms with E-state index in [2.05, 4.69) is 9.97 Å². The number of aromatic carboxylic acids is 1. The number of aromatic nitrogens is 2. The fourth-order valence-corrected chi connectivity index (χ4v) is 4.00. The number of hydrogen-bond donors (Lipinski definition) is 2. The van der Waals surface area contributed by atoms with Crippen molar-refractivity contribution in [2.45, 2.75) is 68.8 Å². The number of carbonyl (C=O) groups is 1. The van der Waals surface area contributed by atoms with E-state index in [9.17, 15) is 15.0 Å². The molecule has 1 aromatic rings. The molecule has 1 heterocycles. The number of carboxylic acids is 1. The van der Waals surface area contributed by atoms with Crippen molar-refractivity contribution in [1.82, 2.24) is 9.97 Å². The maximum absolute atomic E-state index is 11.5. The molecule has 1 saturated carbocycles. The second-order valence-electron chi connectivity index (χ2n) is 5.43. The highest BCUT2D eigenvalue weighted by molar-refractivity contribution is 8.00. The van der Waals surface area contributed by atoms with E-state index >= 15 is 0 Å². The minimum Gasteiger partial charge on any atom is -0.478 e. The lowest BCUT2D eigenvalue weighted by molar-refractivity contribution is 0.0690. The monoisotopic (exact) mass is 310 g/mol. The first-order chi connectivity index (χ1) is 10.0. The van der Waals surface area contributed by atoms with E-state index in [1.54, 1.807) is 6.92 Å². The summed E-state index contributed by atoms with van der Waals surface area (Å²) in [6.45, 7) is 3.65. The molecule has 2 N–H and O–H groups in total. The first kappa shape index (κ1) is 16.2. The molecule has 1 fully saturated rings. The lowest BCUT2D eigenvalue weighted by Crippen LogP contribution is -2.22. The largest absolute Gasteiger partial charge is 0.478 e. The molecular weight excluding hydrogens is 288 g/mol. The Morgan fingerprint density at radius 1 is 1.29 bits per heavy atom. The normalized spacial score (nSPS) is 22.8. The molecule has 0 spiro atoms. The minimum absolute atomic E-state index is 0.0182. The summed E-state index contributed by atoms with van der Waals surface area (Å²) in [5, 5.41) is 20.1. The van der Waals surface area contributed by atoms with E-state index in [1.165, 1.54) is 11.8 Å². The van der Waals surface area contributed by atoms with Crippen LogP contribution >= 0.6 is 11.8 Å². The van der Waals surface area contributed by atoms with Crippen LogP contribution in [0.25, 0.3) is 0 Å². The van der Waals surface area contributed by atoms with Crippen LogP contribution in [-0.2, 0) is 6.42 Å². The molecule has 2 rings (SSSR count). The van der Waals surface area contributed by atoms with Crippen LogP contribution in [0.5, 0.6) is 0 Å². The molecule has 2 unspecified atom stereocenters. The van der Waals surface area contributed by atoms with E-state index < -0.39 is 5.97 Å². The molecule has 1 aliphatic rings. The van der Waals surface area contributed by atoms with Crippen molar-refractivity contribution in [3.05, 3.63) is 17.1 Å². The number of aryl methyl sites for hydroxylation is 2. The molecule has 0 bridgehead atoms. The van der Waals surface area contributed by atoms with Crippen molar-refractivity contribution < 1.29 is 15.0 Å². The molecule has 0 aliphatic heterocycles. The van der Waals surface area contributed by atoms with Crippen molar-refractivity contribution in [1.29, 1.82) is 0 Å². The van der Waals surface area contributed by atoms with Gasteiger partial charge in [0.25, 0.3) is 0 Å². The molecule has 0 aromatic carbocycles. The van der Waals surface area contributed by atoms with Crippen molar-refractivity contribution >= 4 is 17.7 Å². The average Bonchev–Trinajstić information content (AvgIpc) is 2.63. The zero-order valence-electron chi connectivity index (χ0n) is 12.5. The molecule has 116 valence electrons. The van der Waals surface area contributed by atoms with Crippen LogP contribution in [-0.4, -0.2) is 37.5 Å². The Bertz CT molecular complexity index is 522. The molecule has 21 heavy (non-hydrogen) atoms. The molecular formula is C15H22N2O3S. The highest BCUT2D eigenvalue weighted by atomic mass is 32.2. The predicted octanol–water partition coefficient (Wildman–Crippen LogP) is 2.83. The van der Waals surface area contributed by atoms with Gasteiger partial charge in [-0.25, -0.2) is 14.8 Å². The Labute approximate surface area is 129 Å². The number of thioether (sulfide) groups is 1. The van der Waals surface area contributed by atoms with E-state index in [-0.39, 0.29) is 16.9 Å². The smallest absolute Gasteiger partial charge is 0.340 e. The van der Waals surface area contributed by atoms with E-state index in [4.69, 9.17) is 0 Å². The molecule has 6 heteroatoms. The molecule has 2 atom stereocenters. The third-order valence-electron chi connectivity index (χ3n) is 3.81. The van der Waals surface area contributed by atoms with Gasteiger partial charge in [0.05, 0.1) is 11.8 Å². The Kier molecular flexibility index (Phi) is 5.58. The van der Waals surface area contributed by atoms with Crippen molar-refractivity contribution in [3.8, 4) is 0 Å². The van der Waals surface area contributed by atoms with Gasteiger partial charge in [-0.05, 0) is 19.8 Å². The van der Waals surface area contributed by atoms with E-state index in [0.29, 0.717) is 23.0 Å². The first-order valence-corrected chi connectivity index (χ1v) is 8.36. The van der Waals surface area contributed by atoms with Crippen LogP contribution in [0.4, 0.5) is 0 Å². The summed E-state index contributed by atoms with van der Waals surface area (Å²) in [7, 11) is 0. The maximum atomic E-state index is 11.5. The molecule has 1 aromatic heterocycles. The van der Waals surface area contributed by atoms with Gasteiger partial charge in [0.2, 0.25) is 0 Å². The third-order valence-corrected chi connectivity index (χ3v) is 5.19. The van der Waals surface area contributed by atoms with Gasteiger partial charge < -0.3 is 10.2 Å². The van der Waals surface area contributed by atoms with Crippen LogP contribution in [0, 0.1) is 6.92 Å². The van der Waals surface area contributed by atoms with Crippen LogP contribution in [0.15, 0.2) is 5.03 Å². The summed E-state index contributed by atoms with van der Waals surface area (Å²) in [5.74, 6) is -0.344. The topological polar surface area (TPSA) is 83.3 Å². The Hall–Kier alpha value is -1.14. The second-order valence-corrected chi connectivity index (χ2v) is 6.65. The fourth-order valence-electron chi connectivity index (χ4n) is 2.63. The fraction of sp³-hybridized carbons (Fsp3) is 0.667. The molecule has 0 amide bonds. The summed E-state index contributed by atoms with van der Waals surface area (Å²) in [6, 6.07) is 0. The van der Waals surface area contributed by atoms with Crippen LogP contribution in [0.1, 0.15) is 60.9 Å². The van der Waals surface area contributed by atoms with Crippen LogP contribution in [0.3, 0.4) is 0 Å². The van der Waals surface area contributed by atoms with E-state index in [0.717, 1.165) is 32.1 Å². The van der Waals surface area contributed by atoms with Crippen molar-refractivity contribution in [3.63, 3.8) is 0 Å². The Balaban J connectivity index is 2.32. The zero-order chi connectivity index (χ0) is 15.4. The Morgan fingerprint density at radius 2 is 2.00 bits per heavy atom. The summed E-state index contributed by atoms with van der Waals surface area (Å²) in [6.07, 6.45) is 5.19. The lowest BCUT2D eigenvalue weighted by Gasteiger charge is -2.20. The molecule has 0 radical (unpaired) electrons. The van der Waals surface area contributed by atoms with Crippen LogP contribution in [0.2, 0.25) is 0 Å². The van der Waals surface area contributed by atoms with Gasteiger partial charge in [-0.2, -0.15) is 0 Å². The highest BCUT2D eigenvalue weighted by Gasteiger charge is 2.26. The number of rotatable bonds is 4. The maximum Gasteiger partial charge on any atom is 0.340 e. The first-order valence-electron chi connectivity index (χ1n) is 7.48. The zero-order valence-corrected chi connectivity index (χ0v) is 13.3. The number of nitrogens with zero attached hydrogens (tertiary/aromatic N) is 2. The minimum atomic E-state index is -0.999. The van der Waals surface area contributed by atoms with Gasteiger partial charge in [-0.3, -0.25) is 0 Å². The molecule has 1 aliphatic carbocycles. The summed E-state index contributed by atoms with van der Waals surface area (Å²) < 4.78 is 0. The number of hydrogen-bond acceptors (Lipinski definition) is 5. The standard InChI is InChI=1S/C15H22N2O3S/c1-3-12-16-9(2)13(15(19)20)14(17-12)21-11-8-6-4-5-7-10(11)18/h10-11,18H,3-8H2,1-2H3,(H,19,20). The van der Waals surface area contributed by atoms with E-state index in [1.807, 2.05) is 6.92 Å². The van der Waals surface area contributed by atoms with Gasteiger partial charge in [0.1, 0.15) is 16.4 Å². The molecule has 0 saturated heterocycles. The SMILES string of the molecule is CCc1nc(C)c(C(=O)O)c(SC2CCCCCC2O)n1. The summed E-state index contributed by atoms with van der Waals surface area (Å²) in [4.78, 5) is 20.1. The average molecular weight is 310 g/mol. The van der Waals surface area contributed by atoms with Gasteiger partial charge in [-0.15, -0.1) is 0 Å². The number of aliphatic hydroxyl groups excluding tert-OH is 1. The lowest BCUT2D eigenvalue weighted by atomic mass is 10.1. The molecule has 5 nitrogen and oxygen atoms in total. The van der Waals surface area contributed by atoms with Crippen molar-refractivity contribution in [2.24, 2.45) is 0 Å². The van der Waals surface area contributed by atoms with Crippen LogP contribution < -0.4 is 0 Å². The summed E-state index contributed by atoms with van der Waals surface area (Å²) in [5.41, 5.74) is 0.675. The predicted molar refractivity (Wildman–Crippen MR) is 81.8 cm³/mol. The highest BCUT2D eigenvalue weighted by Crippen LogP contribution is 2.34. The summed E-state index contributed by atoms with van der Waals surface area (Å²) >= 11 is 1.40. The van der Waals surface area contributed by atoms with Gasteiger partial charge in [0, 0.05) is 11.7 Å². The number of aliphatic hydroxyl groups is 1. The third kappa shape index (κ3) is 3.95. The van der Waals surface area contributed by atoms with Gasteiger partial charge >= 0.3 is 5.97 Å². The quantitative estimate of drug-likeness (QED) is 0.657. The van der Waals surface area contributed by atoms with Gasteiger partial charge in [-0.1, -0.05) is 37.9 Å².